The molecule has 0 amide bonds. The van der Waals surface area contributed by atoms with Crippen LogP contribution in [0.15, 0.2) is 41.7 Å². The fourth-order valence-corrected chi connectivity index (χ4v) is 3.15. The van der Waals surface area contributed by atoms with E-state index in [1.165, 1.54) is 11.1 Å². The van der Waals surface area contributed by atoms with E-state index in [-0.39, 0.29) is 24.0 Å². The molecule has 1 aromatic heterocycles. The Morgan fingerprint density at radius 2 is 2.28 bits per heavy atom. The number of aliphatic imine (C=N–C) groups is 1. The molecule has 2 aromatic rings. The molecule has 1 saturated carbocycles. The van der Waals surface area contributed by atoms with E-state index >= 15 is 0 Å². The normalized spacial score (nSPS) is 19.3. The Morgan fingerprint density at radius 1 is 1.48 bits per heavy atom. The number of halogens is 2. The average Bonchev–Trinajstić information content (AvgIpc) is 3.20. The van der Waals surface area contributed by atoms with Crippen molar-refractivity contribution in [3.05, 3.63) is 52.8 Å². The summed E-state index contributed by atoms with van der Waals surface area (Å²) in [6.45, 7) is 3.60. The number of guanidine groups is 1. The Balaban J connectivity index is 0.00000225. The van der Waals surface area contributed by atoms with Gasteiger partial charge in [-0.15, -0.1) is 24.0 Å². The fraction of sp³-hybridized carbons (Fsp3) is 0.444. The van der Waals surface area contributed by atoms with E-state index in [1.54, 1.807) is 0 Å². The molecule has 0 aliphatic heterocycles. The highest BCUT2D eigenvalue weighted by Crippen LogP contribution is 2.41. The van der Waals surface area contributed by atoms with Crippen LogP contribution in [0, 0.1) is 0 Å². The second kappa shape index (κ2) is 8.89. The highest BCUT2D eigenvalue weighted by Gasteiger charge is 2.39. The van der Waals surface area contributed by atoms with Gasteiger partial charge in [-0.1, -0.05) is 23.7 Å². The topological polar surface area (TPSA) is 45.5 Å². The Hall–Kier alpha value is -1.28. The molecule has 0 bridgehead atoms. The zero-order chi connectivity index (χ0) is 17.1. The zero-order valence-corrected chi connectivity index (χ0v) is 17.9. The maximum Gasteiger partial charge on any atom is 0.194 e. The molecule has 3 rings (SSSR count). The van der Waals surface area contributed by atoms with E-state index in [1.807, 2.05) is 36.3 Å². The van der Waals surface area contributed by atoms with Crippen LogP contribution < -0.4 is 5.32 Å². The lowest BCUT2D eigenvalue weighted by Crippen LogP contribution is -2.40. The quantitative estimate of drug-likeness (QED) is 0.410. The molecule has 2 unspecified atom stereocenters. The van der Waals surface area contributed by atoms with Gasteiger partial charge in [0, 0.05) is 55.9 Å². The molecule has 1 N–H and O–H groups in total. The second-order valence-corrected chi connectivity index (χ2v) is 6.76. The van der Waals surface area contributed by atoms with Crippen LogP contribution in [0.3, 0.4) is 0 Å². The molecule has 0 radical (unpaired) electrons. The van der Waals surface area contributed by atoms with Crippen molar-refractivity contribution >= 4 is 41.5 Å². The molecule has 7 heteroatoms. The van der Waals surface area contributed by atoms with Crippen molar-refractivity contribution in [3.8, 4) is 0 Å². The maximum absolute atomic E-state index is 6.10. The summed E-state index contributed by atoms with van der Waals surface area (Å²) in [4.78, 5) is 6.78. The van der Waals surface area contributed by atoms with Crippen molar-refractivity contribution in [2.45, 2.75) is 31.8 Å². The summed E-state index contributed by atoms with van der Waals surface area (Å²) >= 11 is 6.10. The molecular weight excluding hydrogens is 449 g/mol. The molecular formula is C18H25ClIN5. The van der Waals surface area contributed by atoms with Crippen LogP contribution in [0.2, 0.25) is 5.02 Å². The van der Waals surface area contributed by atoms with Crippen molar-refractivity contribution in [1.82, 2.24) is 20.0 Å². The van der Waals surface area contributed by atoms with Gasteiger partial charge < -0.3 is 10.2 Å². The number of nitrogens with zero attached hydrogens (tertiary/aromatic N) is 4. The Labute approximate surface area is 171 Å². The summed E-state index contributed by atoms with van der Waals surface area (Å²) in [5.74, 6) is 1.45. The van der Waals surface area contributed by atoms with Gasteiger partial charge in [0.25, 0.3) is 0 Å². The minimum absolute atomic E-state index is 0. The number of benzene rings is 1. The lowest BCUT2D eigenvalue weighted by Gasteiger charge is -2.22. The van der Waals surface area contributed by atoms with E-state index in [0.29, 0.717) is 12.0 Å². The van der Waals surface area contributed by atoms with E-state index in [2.05, 4.69) is 46.4 Å². The average molecular weight is 474 g/mol. The Morgan fingerprint density at radius 3 is 2.92 bits per heavy atom. The summed E-state index contributed by atoms with van der Waals surface area (Å²) in [6.07, 6.45) is 5.04. The first-order chi connectivity index (χ1) is 11.6. The van der Waals surface area contributed by atoms with Crippen molar-refractivity contribution in [1.29, 1.82) is 0 Å². The summed E-state index contributed by atoms with van der Waals surface area (Å²) in [5, 5.41) is 8.62. The monoisotopic (exact) mass is 473 g/mol. The van der Waals surface area contributed by atoms with Gasteiger partial charge in [-0.05, 0) is 31.0 Å². The summed E-state index contributed by atoms with van der Waals surface area (Å²) in [6, 6.07) is 8.56. The van der Waals surface area contributed by atoms with Gasteiger partial charge in [-0.2, -0.15) is 5.10 Å². The van der Waals surface area contributed by atoms with Gasteiger partial charge in [0.05, 0.1) is 6.20 Å². The van der Waals surface area contributed by atoms with Crippen LogP contribution in [0.4, 0.5) is 0 Å². The minimum atomic E-state index is 0. The smallest absolute Gasteiger partial charge is 0.194 e. The van der Waals surface area contributed by atoms with Crippen LogP contribution in [-0.4, -0.2) is 40.3 Å². The molecule has 136 valence electrons. The largest absolute Gasteiger partial charge is 0.353 e. The van der Waals surface area contributed by atoms with Crippen LogP contribution in [0.25, 0.3) is 0 Å². The lowest BCUT2D eigenvalue weighted by atomic mass is 10.1. The first-order valence-electron chi connectivity index (χ1n) is 8.32. The van der Waals surface area contributed by atoms with Crippen LogP contribution >= 0.6 is 35.6 Å². The first-order valence-corrected chi connectivity index (χ1v) is 8.69. The third-order valence-electron chi connectivity index (χ3n) is 4.23. The fourth-order valence-electron chi connectivity index (χ4n) is 2.95. The predicted octanol–water partition coefficient (Wildman–Crippen LogP) is 3.64. The molecule has 0 saturated heterocycles. The van der Waals surface area contributed by atoms with Crippen molar-refractivity contribution < 1.29 is 0 Å². The summed E-state index contributed by atoms with van der Waals surface area (Å²) < 4.78 is 1.82. The molecule has 25 heavy (non-hydrogen) atoms. The minimum Gasteiger partial charge on any atom is -0.353 e. The lowest BCUT2D eigenvalue weighted by molar-refractivity contribution is 0.474. The number of hydrogen-bond donors (Lipinski definition) is 1. The second-order valence-electron chi connectivity index (χ2n) is 6.32. The first kappa shape index (κ1) is 20.0. The predicted molar refractivity (Wildman–Crippen MR) is 114 cm³/mol. The van der Waals surface area contributed by atoms with Gasteiger partial charge in [-0.25, -0.2) is 0 Å². The van der Waals surface area contributed by atoms with Gasteiger partial charge >= 0.3 is 0 Å². The van der Waals surface area contributed by atoms with Gasteiger partial charge in [-0.3, -0.25) is 9.67 Å². The molecule has 1 fully saturated rings. The van der Waals surface area contributed by atoms with Crippen molar-refractivity contribution in [2.75, 3.05) is 13.6 Å². The third kappa shape index (κ3) is 5.34. The van der Waals surface area contributed by atoms with E-state index in [0.717, 1.165) is 30.5 Å². The van der Waals surface area contributed by atoms with Gasteiger partial charge in [0.1, 0.15) is 0 Å². The molecule has 5 nitrogen and oxygen atoms in total. The van der Waals surface area contributed by atoms with E-state index < -0.39 is 0 Å². The molecule has 1 aromatic carbocycles. The number of aromatic nitrogens is 2. The Kier molecular flexibility index (Phi) is 7.13. The van der Waals surface area contributed by atoms with Crippen molar-refractivity contribution in [2.24, 2.45) is 12.0 Å². The summed E-state index contributed by atoms with van der Waals surface area (Å²) in [5.41, 5.74) is 2.47. The number of hydrogen-bond acceptors (Lipinski definition) is 2. The molecule has 0 spiro atoms. The zero-order valence-electron chi connectivity index (χ0n) is 14.8. The molecule has 1 heterocycles. The SMILES string of the molecule is CCN=C(NC1CC1c1cccc(Cl)c1)N(C)Cc1cnn(C)c1.I. The number of rotatable bonds is 5. The van der Waals surface area contributed by atoms with Crippen LogP contribution in [0.1, 0.15) is 30.4 Å². The Bertz CT molecular complexity index is 730. The highest BCUT2D eigenvalue weighted by molar-refractivity contribution is 14.0. The van der Waals surface area contributed by atoms with E-state index in [4.69, 9.17) is 11.6 Å². The van der Waals surface area contributed by atoms with E-state index in [9.17, 15) is 0 Å². The van der Waals surface area contributed by atoms with Crippen LogP contribution in [-0.2, 0) is 13.6 Å². The highest BCUT2D eigenvalue weighted by atomic mass is 127. The summed E-state index contributed by atoms with van der Waals surface area (Å²) in [7, 11) is 3.99. The van der Waals surface area contributed by atoms with Gasteiger partial charge in [0.15, 0.2) is 5.96 Å². The third-order valence-corrected chi connectivity index (χ3v) is 4.46. The molecule has 1 aliphatic carbocycles. The maximum atomic E-state index is 6.10. The van der Waals surface area contributed by atoms with Crippen LogP contribution in [0.5, 0.6) is 0 Å². The molecule has 1 aliphatic rings. The standard InChI is InChI=1S/C18H24ClN5.HI/c1-4-20-18(23(2)11-13-10-21-24(3)12-13)22-17-9-16(17)14-6-5-7-15(19)8-14;/h5-8,10,12,16-17H,4,9,11H2,1-3H3,(H,20,22);1H. The number of aryl methyl sites for hydroxylation is 1. The number of nitrogens with one attached hydrogen (secondary N) is 1. The molecule has 2 atom stereocenters. The van der Waals surface area contributed by atoms with Gasteiger partial charge in [0.2, 0.25) is 0 Å². The van der Waals surface area contributed by atoms with Crippen molar-refractivity contribution in [3.63, 3.8) is 0 Å².